The number of amides is 1. The van der Waals surface area contributed by atoms with E-state index in [0.717, 1.165) is 0 Å². The van der Waals surface area contributed by atoms with Crippen LogP contribution in [0, 0.1) is 0 Å². The van der Waals surface area contributed by atoms with Crippen LogP contribution in [0.5, 0.6) is 0 Å². The fourth-order valence-corrected chi connectivity index (χ4v) is 0.916. The number of ether oxygens (including phenoxy) is 3. The van der Waals surface area contributed by atoms with Gasteiger partial charge in [-0.1, -0.05) is 24.8 Å². The van der Waals surface area contributed by atoms with Gasteiger partial charge in [-0.3, -0.25) is 4.79 Å². The van der Waals surface area contributed by atoms with Crippen LogP contribution in [0.15, 0.2) is 36.6 Å². The molecule has 128 valence electrons. The molecule has 0 saturated carbocycles. The van der Waals surface area contributed by atoms with E-state index in [0.29, 0.717) is 32.1 Å². The molecule has 5 nitrogen and oxygen atoms in total. The molecule has 0 fully saturated rings. The Labute approximate surface area is 135 Å². The third-order valence-corrected chi connectivity index (χ3v) is 2.65. The largest absolute Gasteiger partial charge is 0.382 e. The Kier molecular flexibility index (Phi) is 16.6. The lowest BCUT2D eigenvalue weighted by Crippen LogP contribution is -2.29. The maximum atomic E-state index is 11.5. The van der Waals surface area contributed by atoms with Crippen LogP contribution in [0.3, 0.4) is 0 Å². The number of methoxy groups -OCH3 is 1. The molecule has 0 bridgehead atoms. The van der Waals surface area contributed by atoms with Crippen LogP contribution < -0.4 is 0 Å². The van der Waals surface area contributed by atoms with E-state index in [4.69, 9.17) is 14.2 Å². The van der Waals surface area contributed by atoms with E-state index < -0.39 is 0 Å². The number of carbonyl (C=O) groups excluding carboxylic acids is 1. The van der Waals surface area contributed by atoms with Crippen molar-refractivity contribution in [2.75, 3.05) is 47.2 Å². The van der Waals surface area contributed by atoms with E-state index >= 15 is 0 Å². The first-order chi connectivity index (χ1) is 10.4. The normalized spacial score (nSPS) is 9.32. The number of hydrogen-bond acceptors (Lipinski definition) is 4. The standard InChI is InChI=1S/C12H21NO4.C5H10/c1-5-11(2)13(3)12(14)10-17-9-8-16-7-6-15-4;1-4-5(2)3/h5H,1-2,6-10H2,3-4H3;4H,1-3H3. The van der Waals surface area contributed by atoms with E-state index in [1.807, 2.05) is 6.92 Å². The summed E-state index contributed by atoms with van der Waals surface area (Å²) in [5.41, 5.74) is 1.93. The minimum absolute atomic E-state index is 0.0109. The molecule has 0 aliphatic rings. The van der Waals surface area contributed by atoms with E-state index in [2.05, 4.69) is 33.1 Å². The molecule has 0 aromatic heterocycles. The van der Waals surface area contributed by atoms with Crippen molar-refractivity contribution in [3.05, 3.63) is 36.6 Å². The molecule has 0 aromatic carbocycles. The van der Waals surface area contributed by atoms with Gasteiger partial charge in [-0.2, -0.15) is 0 Å². The molecular weight excluding hydrogens is 282 g/mol. The maximum Gasteiger partial charge on any atom is 0.252 e. The first-order valence-corrected chi connectivity index (χ1v) is 7.22. The monoisotopic (exact) mass is 313 g/mol. The molecule has 0 saturated heterocycles. The second-order valence-electron chi connectivity index (χ2n) is 4.67. The third-order valence-electron chi connectivity index (χ3n) is 2.65. The van der Waals surface area contributed by atoms with Crippen molar-refractivity contribution >= 4 is 5.91 Å². The van der Waals surface area contributed by atoms with Gasteiger partial charge in [0.1, 0.15) is 6.61 Å². The average Bonchev–Trinajstić information content (AvgIpc) is 2.52. The Bertz CT molecular complexity index is 347. The average molecular weight is 313 g/mol. The predicted molar refractivity (Wildman–Crippen MR) is 90.7 cm³/mol. The van der Waals surface area contributed by atoms with Gasteiger partial charge in [0, 0.05) is 19.9 Å². The van der Waals surface area contributed by atoms with Gasteiger partial charge < -0.3 is 19.1 Å². The molecule has 22 heavy (non-hydrogen) atoms. The molecule has 0 spiro atoms. The lowest BCUT2D eigenvalue weighted by molar-refractivity contribution is -0.133. The summed E-state index contributed by atoms with van der Waals surface area (Å²) in [7, 11) is 3.24. The summed E-state index contributed by atoms with van der Waals surface area (Å²) in [5.74, 6) is -0.160. The summed E-state index contributed by atoms with van der Waals surface area (Å²) < 4.78 is 15.1. The summed E-state index contributed by atoms with van der Waals surface area (Å²) in [6, 6.07) is 0. The second kappa shape index (κ2) is 15.9. The smallest absolute Gasteiger partial charge is 0.252 e. The van der Waals surface area contributed by atoms with Crippen LogP contribution in [-0.2, 0) is 19.0 Å². The van der Waals surface area contributed by atoms with Crippen LogP contribution in [0.4, 0.5) is 0 Å². The van der Waals surface area contributed by atoms with Gasteiger partial charge in [-0.25, -0.2) is 0 Å². The van der Waals surface area contributed by atoms with Crippen LogP contribution in [0.2, 0.25) is 0 Å². The van der Waals surface area contributed by atoms with E-state index in [1.54, 1.807) is 14.2 Å². The molecule has 0 rings (SSSR count). The van der Waals surface area contributed by atoms with E-state index in [-0.39, 0.29) is 12.5 Å². The summed E-state index contributed by atoms with van der Waals surface area (Å²) >= 11 is 0. The van der Waals surface area contributed by atoms with Crippen molar-refractivity contribution in [3.8, 4) is 0 Å². The molecule has 0 atom stereocenters. The van der Waals surface area contributed by atoms with Gasteiger partial charge in [-0.15, -0.1) is 0 Å². The zero-order valence-electron chi connectivity index (χ0n) is 14.7. The Morgan fingerprint density at radius 2 is 1.64 bits per heavy atom. The molecule has 1 amide bonds. The molecule has 0 aliphatic carbocycles. The van der Waals surface area contributed by atoms with Crippen LogP contribution in [0.25, 0.3) is 0 Å². The summed E-state index contributed by atoms with van der Waals surface area (Å²) in [5, 5.41) is 0. The zero-order valence-corrected chi connectivity index (χ0v) is 14.7. The predicted octanol–water partition coefficient (Wildman–Crippen LogP) is 2.80. The van der Waals surface area contributed by atoms with E-state index in [9.17, 15) is 4.79 Å². The molecular formula is C17H31NO4. The van der Waals surface area contributed by atoms with Gasteiger partial charge in [-0.05, 0) is 26.8 Å². The molecule has 0 heterocycles. The first kappa shape index (κ1) is 22.8. The van der Waals surface area contributed by atoms with Crippen LogP contribution >= 0.6 is 0 Å². The number of allylic oxidation sites excluding steroid dienone is 3. The summed E-state index contributed by atoms with van der Waals surface area (Å²) in [6.45, 7) is 15.3. The highest BCUT2D eigenvalue weighted by Crippen LogP contribution is 1.99. The van der Waals surface area contributed by atoms with Crippen molar-refractivity contribution in [1.82, 2.24) is 4.90 Å². The zero-order chi connectivity index (χ0) is 17.4. The van der Waals surface area contributed by atoms with Gasteiger partial charge in [0.15, 0.2) is 0 Å². The lowest BCUT2D eigenvalue weighted by Gasteiger charge is -2.16. The van der Waals surface area contributed by atoms with Crippen molar-refractivity contribution < 1.29 is 19.0 Å². The van der Waals surface area contributed by atoms with E-state index in [1.165, 1.54) is 16.5 Å². The van der Waals surface area contributed by atoms with Gasteiger partial charge >= 0.3 is 0 Å². The van der Waals surface area contributed by atoms with Gasteiger partial charge in [0.05, 0.1) is 26.4 Å². The third kappa shape index (κ3) is 15.0. The highest BCUT2D eigenvalue weighted by molar-refractivity contribution is 5.79. The van der Waals surface area contributed by atoms with Crippen molar-refractivity contribution in [2.45, 2.75) is 20.8 Å². The number of hydrogen-bond donors (Lipinski definition) is 0. The van der Waals surface area contributed by atoms with Crippen molar-refractivity contribution in [3.63, 3.8) is 0 Å². The SMILES string of the molecule is C=CC(=C)N(C)C(=O)COCCOCCOC.CC=C(C)C. The number of rotatable bonds is 10. The summed E-state index contributed by atoms with van der Waals surface area (Å²) in [4.78, 5) is 12.9. The molecule has 0 aliphatic heterocycles. The highest BCUT2D eigenvalue weighted by atomic mass is 16.5. The molecule has 5 heteroatoms. The Hall–Kier alpha value is -1.43. The quantitative estimate of drug-likeness (QED) is 0.353. The Morgan fingerprint density at radius 3 is 2.09 bits per heavy atom. The van der Waals surface area contributed by atoms with Crippen LogP contribution in [-0.4, -0.2) is 58.0 Å². The van der Waals surface area contributed by atoms with Crippen LogP contribution in [0.1, 0.15) is 20.8 Å². The lowest BCUT2D eigenvalue weighted by atomic mass is 10.3. The number of nitrogens with zero attached hydrogens (tertiary/aromatic N) is 1. The van der Waals surface area contributed by atoms with Gasteiger partial charge in [0.25, 0.3) is 5.91 Å². The highest BCUT2D eigenvalue weighted by Gasteiger charge is 2.09. The maximum absolute atomic E-state index is 11.5. The fraction of sp³-hybridized carbons (Fsp3) is 0.588. The molecule has 0 radical (unpaired) electrons. The number of carbonyl (C=O) groups is 1. The topological polar surface area (TPSA) is 48.0 Å². The minimum atomic E-state index is -0.160. The van der Waals surface area contributed by atoms with Crippen molar-refractivity contribution in [2.24, 2.45) is 0 Å². The molecule has 0 unspecified atom stereocenters. The minimum Gasteiger partial charge on any atom is -0.382 e. The summed E-state index contributed by atoms with van der Waals surface area (Å²) in [6.07, 6.45) is 3.60. The Balaban J connectivity index is 0. The Morgan fingerprint density at radius 1 is 1.14 bits per heavy atom. The second-order valence-corrected chi connectivity index (χ2v) is 4.67. The first-order valence-electron chi connectivity index (χ1n) is 7.22. The molecule has 0 N–H and O–H groups in total. The van der Waals surface area contributed by atoms with Gasteiger partial charge in [0.2, 0.25) is 0 Å². The molecule has 0 aromatic rings. The van der Waals surface area contributed by atoms with Crippen molar-refractivity contribution in [1.29, 1.82) is 0 Å². The fourth-order valence-electron chi connectivity index (χ4n) is 0.916. The number of likely N-dealkylation sites (N-methyl/N-ethyl adjacent to an activating group) is 1.